The number of nitrogens with one attached hydrogen (secondary N) is 2. The van der Waals surface area contributed by atoms with E-state index in [2.05, 4.69) is 46.1 Å². The Balaban J connectivity index is 1.77. The standard InChI is InChI=1S/C15H29N3OS2/c1-3-21-15(6-8-19-9-7-15)12-18-14(16-2)17-11-13-5-4-10-20-13/h13H,3-12H2,1-2H3,(H2,16,17,18). The second-order valence-electron chi connectivity index (χ2n) is 5.67. The normalized spacial score (nSPS) is 25.8. The fraction of sp³-hybridized carbons (Fsp3) is 0.933. The predicted octanol–water partition coefficient (Wildman–Crippen LogP) is 2.35. The molecule has 2 rings (SSSR count). The molecular weight excluding hydrogens is 302 g/mol. The van der Waals surface area contributed by atoms with Crippen molar-refractivity contribution in [2.75, 3.05) is 44.9 Å². The van der Waals surface area contributed by atoms with Crippen LogP contribution in [0, 0.1) is 0 Å². The fourth-order valence-corrected chi connectivity index (χ4v) is 5.35. The van der Waals surface area contributed by atoms with E-state index in [-0.39, 0.29) is 0 Å². The van der Waals surface area contributed by atoms with Crippen LogP contribution in [0.2, 0.25) is 0 Å². The number of hydrogen-bond acceptors (Lipinski definition) is 4. The highest BCUT2D eigenvalue weighted by Crippen LogP contribution is 2.34. The van der Waals surface area contributed by atoms with Gasteiger partial charge in [0.1, 0.15) is 0 Å². The van der Waals surface area contributed by atoms with Gasteiger partial charge in [0, 0.05) is 43.3 Å². The Labute approximate surface area is 137 Å². The van der Waals surface area contributed by atoms with Crippen LogP contribution in [-0.2, 0) is 4.74 Å². The first-order chi connectivity index (χ1) is 10.3. The van der Waals surface area contributed by atoms with E-state index < -0.39 is 0 Å². The zero-order valence-electron chi connectivity index (χ0n) is 13.3. The van der Waals surface area contributed by atoms with Gasteiger partial charge in [0.2, 0.25) is 0 Å². The van der Waals surface area contributed by atoms with Gasteiger partial charge < -0.3 is 15.4 Å². The predicted molar refractivity (Wildman–Crippen MR) is 95.8 cm³/mol. The summed E-state index contributed by atoms with van der Waals surface area (Å²) in [6, 6.07) is 0. The summed E-state index contributed by atoms with van der Waals surface area (Å²) in [5.41, 5.74) is 0. The highest BCUT2D eigenvalue weighted by molar-refractivity contribution is 8.00. The first-order valence-corrected chi connectivity index (χ1v) is 10.1. The number of thioether (sulfide) groups is 2. The summed E-state index contributed by atoms with van der Waals surface area (Å²) in [5.74, 6) is 3.42. The minimum atomic E-state index is 0.312. The molecule has 6 heteroatoms. The quantitative estimate of drug-likeness (QED) is 0.578. The Kier molecular flexibility index (Phi) is 7.54. The highest BCUT2D eigenvalue weighted by Gasteiger charge is 2.32. The van der Waals surface area contributed by atoms with Crippen molar-refractivity contribution >= 4 is 29.5 Å². The van der Waals surface area contributed by atoms with Crippen LogP contribution in [0.1, 0.15) is 32.6 Å². The van der Waals surface area contributed by atoms with Gasteiger partial charge in [-0.2, -0.15) is 23.5 Å². The van der Waals surface area contributed by atoms with E-state index in [0.29, 0.717) is 4.75 Å². The SMILES string of the molecule is CCSC1(CNC(=NC)NCC2CCCS2)CCOCC1. The van der Waals surface area contributed by atoms with Crippen LogP contribution in [0.25, 0.3) is 0 Å². The maximum absolute atomic E-state index is 5.53. The Hall–Kier alpha value is -0.0700. The van der Waals surface area contributed by atoms with Crippen LogP contribution < -0.4 is 10.6 Å². The Morgan fingerprint density at radius 3 is 2.81 bits per heavy atom. The summed E-state index contributed by atoms with van der Waals surface area (Å²) >= 11 is 4.15. The van der Waals surface area contributed by atoms with E-state index in [4.69, 9.17) is 4.74 Å². The largest absolute Gasteiger partial charge is 0.381 e. The topological polar surface area (TPSA) is 45.7 Å². The molecule has 0 spiro atoms. The van der Waals surface area contributed by atoms with Gasteiger partial charge in [0.15, 0.2) is 5.96 Å². The van der Waals surface area contributed by atoms with E-state index in [1.807, 2.05) is 7.05 Å². The average molecular weight is 332 g/mol. The minimum Gasteiger partial charge on any atom is -0.381 e. The average Bonchev–Trinajstić information content (AvgIpc) is 3.02. The second-order valence-corrected chi connectivity index (χ2v) is 8.81. The van der Waals surface area contributed by atoms with E-state index in [0.717, 1.165) is 56.1 Å². The number of nitrogens with zero attached hydrogens (tertiary/aromatic N) is 1. The van der Waals surface area contributed by atoms with Crippen LogP contribution in [0.15, 0.2) is 4.99 Å². The summed E-state index contributed by atoms with van der Waals surface area (Å²) in [4.78, 5) is 4.37. The first-order valence-electron chi connectivity index (χ1n) is 8.06. The number of ether oxygens (including phenoxy) is 1. The summed E-state index contributed by atoms with van der Waals surface area (Å²) in [7, 11) is 1.86. The molecule has 2 N–H and O–H groups in total. The molecule has 122 valence electrons. The monoisotopic (exact) mass is 331 g/mol. The second kappa shape index (κ2) is 9.16. The zero-order valence-corrected chi connectivity index (χ0v) is 15.0. The molecule has 0 bridgehead atoms. The molecule has 21 heavy (non-hydrogen) atoms. The van der Waals surface area contributed by atoms with Crippen LogP contribution in [0.5, 0.6) is 0 Å². The van der Waals surface area contributed by atoms with Gasteiger partial charge in [-0.25, -0.2) is 0 Å². The molecule has 2 heterocycles. The first kappa shape index (κ1) is 17.3. The van der Waals surface area contributed by atoms with Crippen LogP contribution in [0.3, 0.4) is 0 Å². The molecule has 0 aliphatic carbocycles. The lowest BCUT2D eigenvalue weighted by Crippen LogP contribution is -2.48. The lowest BCUT2D eigenvalue weighted by atomic mass is 9.99. The lowest BCUT2D eigenvalue weighted by Gasteiger charge is -2.37. The molecule has 0 saturated carbocycles. The molecular formula is C15H29N3OS2. The van der Waals surface area contributed by atoms with Crippen molar-refractivity contribution in [2.45, 2.75) is 42.6 Å². The van der Waals surface area contributed by atoms with Crippen LogP contribution in [0.4, 0.5) is 0 Å². The van der Waals surface area contributed by atoms with Crippen LogP contribution in [-0.4, -0.2) is 60.8 Å². The Morgan fingerprint density at radius 2 is 2.19 bits per heavy atom. The summed E-state index contributed by atoms with van der Waals surface area (Å²) < 4.78 is 5.84. The summed E-state index contributed by atoms with van der Waals surface area (Å²) in [5, 5.41) is 7.78. The van der Waals surface area contributed by atoms with E-state index >= 15 is 0 Å². The molecule has 1 unspecified atom stereocenters. The molecule has 0 aromatic heterocycles. The third-order valence-electron chi connectivity index (χ3n) is 4.18. The van der Waals surface area contributed by atoms with Crippen molar-refractivity contribution in [2.24, 2.45) is 4.99 Å². The molecule has 2 aliphatic heterocycles. The molecule has 2 fully saturated rings. The van der Waals surface area contributed by atoms with Crippen molar-refractivity contribution in [3.63, 3.8) is 0 Å². The third kappa shape index (κ3) is 5.57. The third-order valence-corrected chi connectivity index (χ3v) is 7.03. The number of aliphatic imine (C=N–C) groups is 1. The minimum absolute atomic E-state index is 0.312. The number of rotatable bonds is 6. The van der Waals surface area contributed by atoms with E-state index in [1.54, 1.807) is 0 Å². The van der Waals surface area contributed by atoms with E-state index in [9.17, 15) is 0 Å². The highest BCUT2D eigenvalue weighted by atomic mass is 32.2. The van der Waals surface area contributed by atoms with Crippen molar-refractivity contribution in [3.8, 4) is 0 Å². The molecule has 1 atom stereocenters. The molecule has 0 aromatic rings. The summed E-state index contributed by atoms with van der Waals surface area (Å²) in [6.45, 7) is 6.03. The van der Waals surface area contributed by atoms with Gasteiger partial charge in [0.25, 0.3) is 0 Å². The lowest BCUT2D eigenvalue weighted by molar-refractivity contribution is 0.0782. The Bertz CT molecular complexity index is 321. The molecule has 0 aromatic carbocycles. The zero-order chi connectivity index (χ0) is 15.0. The molecule has 4 nitrogen and oxygen atoms in total. The van der Waals surface area contributed by atoms with Crippen molar-refractivity contribution in [1.29, 1.82) is 0 Å². The molecule has 2 saturated heterocycles. The van der Waals surface area contributed by atoms with Crippen molar-refractivity contribution in [3.05, 3.63) is 0 Å². The molecule has 2 aliphatic rings. The maximum atomic E-state index is 5.53. The van der Waals surface area contributed by atoms with Crippen LogP contribution >= 0.6 is 23.5 Å². The van der Waals surface area contributed by atoms with Gasteiger partial charge in [-0.3, -0.25) is 4.99 Å². The van der Waals surface area contributed by atoms with Gasteiger partial charge >= 0.3 is 0 Å². The Morgan fingerprint density at radius 1 is 1.38 bits per heavy atom. The van der Waals surface area contributed by atoms with Gasteiger partial charge in [0.05, 0.1) is 0 Å². The summed E-state index contributed by atoms with van der Waals surface area (Å²) in [6.07, 6.45) is 4.96. The maximum Gasteiger partial charge on any atom is 0.191 e. The van der Waals surface area contributed by atoms with Gasteiger partial charge in [-0.05, 0) is 37.2 Å². The van der Waals surface area contributed by atoms with Crippen molar-refractivity contribution < 1.29 is 4.74 Å². The molecule has 0 radical (unpaired) electrons. The van der Waals surface area contributed by atoms with Crippen molar-refractivity contribution in [1.82, 2.24) is 10.6 Å². The van der Waals surface area contributed by atoms with Gasteiger partial charge in [-0.15, -0.1) is 0 Å². The molecule has 0 amide bonds. The number of hydrogen-bond donors (Lipinski definition) is 2. The van der Waals surface area contributed by atoms with E-state index in [1.165, 1.54) is 18.6 Å². The number of guanidine groups is 1. The van der Waals surface area contributed by atoms with Gasteiger partial charge in [-0.1, -0.05) is 6.92 Å². The fourth-order valence-electron chi connectivity index (χ4n) is 2.90. The smallest absolute Gasteiger partial charge is 0.191 e.